The minimum absolute atomic E-state index is 0.0513. The summed E-state index contributed by atoms with van der Waals surface area (Å²) in [5.74, 6) is -1.74. The van der Waals surface area contributed by atoms with Crippen molar-refractivity contribution in [3.8, 4) is 0 Å². The lowest BCUT2D eigenvalue weighted by Crippen LogP contribution is -2.43. The Bertz CT molecular complexity index is 663. The van der Waals surface area contributed by atoms with Crippen molar-refractivity contribution in [2.45, 2.75) is 31.4 Å². The molecule has 2 unspecified atom stereocenters. The first-order chi connectivity index (χ1) is 11.9. The van der Waals surface area contributed by atoms with Crippen molar-refractivity contribution < 1.29 is 24.4 Å². The van der Waals surface area contributed by atoms with Gasteiger partial charge in [-0.25, -0.2) is 0 Å². The highest BCUT2D eigenvalue weighted by Crippen LogP contribution is 2.27. The maximum atomic E-state index is 12.0. The fraction of sp³-hybridized carbons (Fsp3) is 0.467. The zero-order valence-corrected chi connectivity index (χ0v) is 14.0. The standard InChI is InChI=1S/C15H18ClN3O6/c16-11-4-3-9(6-13(11)19(23)24)18-14(20)7-12(15(21)22)17-8-10-2-1-5-25-10/h3-4,6,10,12,17H,1-2,5,7-8H2,(H,18,20)(H,21,22). The lowest BCUT2D eigenvalue weighted by molar-refractivity contribution is -0.384. The van der Waals surface area contributed by atoms with Gasteiger partial charge in [-0.1, -0.05) is 11.6 Å². The van der Waals surface area contributed by atoms with E-state index in [0.29, 0.717) is 13.2 Å². The number of halogens is 1. The minimum atomic E-state index is -1.16. The molecular weight excluding hydrogens is 354 g/mol. The molecule has 2 rings (SSSR count). The normalized spacial score (nSPS) is 17.9. The van der Waals surface area contributed by atoms with E-state index in [1.165, 1.54) is 12.1 Å². The number of hydrogen-bond donors (Lipinski definition) is 3. The SMILES string of the molecule is O=C(CC(NCC1CCCO1)C(=O)O)Nc1ccc(Cl)c([N+](=O)[O-])c1. The highest BCUT2D eigenvalue weighted by Gasteiger charge is 2.24. The smallest absolute Gasteiger partial charge is 0.321 e. The van der Waals surface area contributed by atoms with Gasteiger partial charge in [-0.2, -0.15) is 0 Å². The van der Waals surface area contributed by atoms with Gasteiger partial charge < -0.3 is 20.5 Å². The number of benzene rings is 1. The van der Waals surface area contributed by atoms with Crippen molar-refractivity contribution in [2.75, 3.05) is 18.5 Å². The summed E-state index contributed by atoms with van der Waals surface area (Å²) in [5.41, 5.74) is -0.171. The first-order valence-electron chi connectivity index (χ1n) is 7.68. The Kier molecular flexibility index (Phi) is 6.68. The Morgan fingerprint density at radius 2 is 2.24 bits per heavy atom. The van der Waals surface area contributed by atoms with E-state index in [1.54, 1.807) is 0 Å². The average Bonchev–Trinajstić information content (AvgIpc) is 3.06. The number of nitrogens with one attached hydrogen (secondary N) is 2. The maximum Gasteiger partial charge on any atom is 0.321 e. The van der Waals surface area contributed by atoms with Crippen LogP contribution in [0.15, 0.2) is 18.2 Å². The molecule has 136 valence electrons. The van der Waals surface area contributed by atoms with Crippen LogP contribution in [0.2, 0.25) is 5.02 Å². The molecule has 0 aliphatic carbocycles. The van der Waals surface area contributed by atoms with Gasteiger partial charge in [-0.3, -0.25) is 19.7 Å². The maximum absolute atomic E-state index is 12.0. The van der Waals surface area contributed by atoms with Gasteiger partial charge in [0.25, 0.3) is 5.69 Å². The van der Waals surface area contributed by atoms with Crippen molar-refractivity contribution in [3.05, 3.63) is 33.3 Å². The molecule has 1 aromatic carbocycles. The Balaban J connectivity index is 1.93. The largest absolute Gasteiger partial charge is 0.480 e. The summed E-state index contributed by atoms with van der Waals surface area (Å²) in [4.78, 5) is 33.5. The van der Waals surface area contributed by atoms with E-state index in [9.17, 15) is 24.8 Å². The highest BCUT2D eigenvalue weighted by atomic mass is 35.5. The van der Waals surface area contributed by atoms with Crippen LogP contribution in [0.5, 0.6) is 0 Å². The Morgan fingerprint density at radius 3 is 2.84 bits per heavy atom. The summed E-state index contributed by atoms with van der Waals surface area (Å²) >= 11 is 5.70. The zero-order chi connectivity index (χ0) is 18.4. The van der Waals surface area contributed by atoms with Crippen LogP contribution >= 0.6 is 11.6 Å². The lowest BCUT2D eigenvalue weighted by atomic mass is 10.1. The fourth-order valence-corrected chi connectivity index (χ4v) is 2.64. The first-order valence-corrected chi connectivity index (χ1v) is 8.06. The number of carboxylic acid groups (broad SMARTS) is 1. The predicted octanol–water partition coefficient (Wildman–Crippen LogP) is 1.80. The molecule has 25 heavy (non-hydrogen) atoms. The second-order valence-corrected chi connectivity index (χ2v) is 6.02. The molecular formula is C15H18ClN3O6. The third-order valence-corrected chi connectivity index (χ3v) is 4.05. The fourth-order valence-electron chi connectivity index (χ4n) is 2.45. The Morgan fingerprint density at radius 1 is 1.48 bits per heavy atom. The molecule has 1 fully saturated rings. The van der Waals surface area contributed by atoms with Gasteiger partial charge in [0.1, 0.15) is 11.1 Å². The molecule has 10 heteroatoms. The number of nitro benzene ring substituents is 1. The zero-order valence-electron chi connectivity index (χ0n) is 13.2. The molecule has 1 amide bonds. The number of ether oxygens (including phenoxy) is 1. The van der Waals surface area contributed by atoms with E-state index in [1.807, 2.05) is 0 Å². The molecule has 2 atom stereocenters. The molecule has 0 saturated carbocycles. The number of aliphatic carboxylic acids is 1. The molecule has 9 nitrogen and oxygen atoms in total. The molecule has 0 radical (unpaired) electrons. The molecule has 0 bridgehead atoms. The number of hydrogen-bond acceptors (Lipinski definition) is 6. The average molecular weight is 372 g/mol. The van der Waals surface area contributed by atoms with Crippen LogP contribution in [0, 0.1) is 10.1 Å². The molecule has 1 heterocycles. The van der Waals surface area contributed by atoms with Gasteiger partial charge >= 0.3 is 5.97 Å². The van der Waals surface area contributed by atoms with E-state index >= 15 is 0 Å². The van der Waals surface area contributed by atoms with Crippen LogP contribution in [0.1, 0.15) is 19.3 Å². The van der Waals surface area contributed by atoms with Crippen LogP contribution in [0.4, 0.5) is 11.4 Å². The van der Waals surface area contributed by atoms with Gasteiger partial charge in [0.15, 0.2) is 0 Å². The minimum Gasteiger partial charge on any atom is -0.480 e. The number of nitrogens with zero attached hydrogens (tertiary/aromatic N) is 1. The number of carbonyl (C=O) groups excluding carboxylic acids is 1. The number of anilines is 1. The third-order valence-electron chi connectivity index (χ3n) is 3.73. The van der Waals surface area contributed by atoms with E-state index in [-0.39, 0.29) is 28.9 Å². The number of nitro groups is 1. The first kappa shape index (κ1) is 19.1. The van der Waals surface area contributed by atoms with Crippen molar-refractivity contribution in [1.82, 2.24) is 5.32 Å². The van der Waals surface area contributed by atoms with Gasteiger partial charge in [-0.15, -0.1) is 0 Å². The lowest BCUT2D eigenvalue weighted by Gasteiger charge is -2.17. The van der Waals surface area contributed by atoms with Gasteiger partial charge in [0.2, 0.25) is 5.91 Å². The van der Waals surface area contributed by atoms with Crippen LogP contribution in [-0.2, 0) is 14.3 Å². The topological polar surface area (TPSA) is 131 Å². The molecule has 1 aliphatic heterocycles. The third kappa shape index (κ3) is 5.66. The van der Waals surface area contributed by atoms with Crippen molar-refractivity contribution in [2.24, 2.45) is 0 Å². The summed E-state index contributed by atoms with van der Waals surface area (Å²) in [6.07, 6.45) is 1.40. The summed E-state index contributed by atoms with van der Waals surface area (Å²) in [7, 11) is 0. The van der Waals surface area contributed by atoms with Crippen LogP contribution in [0.3, 0.4) is 0 Å². The molecule has 1 aliphatic rings. The van der Waals surface area contributed by atoms with Crippen molar-refractivity contribution in [3.63, 3.8) is 0 Å². The summed E-state index contributed by atoms with van der Waals surface area (Å²) in [6, 6.07) is 2.74. The molecule has 1 saturated heterocycles. The molecule has 3 N–H and O–H groups in total. The van der Waals surface area contributed by atoms with Gasteiger partial charge in [0, 0.05) is 24.9 Å². The molecule has 0 spiro atoms. The quantitative estimate of drug-likeness (QED) is 0.469. The second-order valence-electron chi connectivity index (χ2n) is 5.61. The number of carbonyl (C=O) groups is 2. The van der Waals surface area contributed by atoms with Crippen molar-refractivity contribution in [1.29, 1.82) is 0 Å². The summed E-state index contributed by atoms with van der Waals surface area (Å²) in [5, 5.41) is 25.3. The van der Waals surface area contributed by atoms with Crippen LogP contribution < -0.4 is 10.6 Å². The summed E-state index contributed by atoms with van der Waals surface area (Å²) < 4.78 is 5.40. The van der Waals surface area contributed by atoms with Crippen molar-refractivity contribution >= 4 is 34.9 Å². The number of rotatable bonds is 8. The Hall–Kier alpha value is -2.23. The number of amides is 1. The summed E-state index contributed by atoms with van der Waals surface area (Å²) in [6.45, 7) is 0.997. The van der Waals surface area contributed by atoms with E-state index in [2.05, 4.69) is 10.6 Å². The van der Waals surface area contributed by atoms with Crippen LogP contribution in [0.25, 0.3) is 0 Å². The number of carboxylic acids is 1. The Labute approximate surface area is 148 Å². The molecule has 1 aromatic rings. The van der Waals surface area contributed by atoms with Gasteiger partial charge in [-0.05, 0) is 25.0 Å². The van der Waals surface area contributed by atoms with E-state index < -0.39 is 22.8 Å². The monoisotopic (exact) mass is 371 g/mol. The van der Waals surface area contributed by atoms with Crippen LogP contribution in [-0.4, -0.2) is 47.2 Å². The predicted molar refractivity (Wildman–Crippen MR) is 89.8 cm³/mol. The highest BCUT2D eigenvalue weighted by molar-refractivity contribution is 6.32. The van der Waals surface area contributed by atoms with E-state index in [4.69, 9.17) is 16.3 Å². The second kappa shape index (κ2) is 8.75. The van der Waals surface area contributed by atoms with Gasteiger partial charge in [0.05, 0.1) is 17.4 Å². The molecule has 0 aromatic heterocycles. The van der Waals surface area contributed by atoms with E-state index in [0.717, 1.165) is 18.9 Å².